The van der Waals surface area contributed by atoms with Crippen LogP contribution in [0.5, 0.6) is 0 Å². The monoisotopic (exact) mass is 305 g/mol. The zero-order valence-electron chi connectivity index (χ0n) is 13.1. The molecule has 3 N–H and O–H groups in total. The normalized spacial score (nSPS) is 12.6. The second-order valence-corrected chi connectivity index (χ2v) is 6.23. The van der Waals surface area contributed by atoms with Gasteiger partial charge in [-0.3, -0.25) is 0 Å². The highest BCUT2D eigenvalue weighted by Crippen LogP contribution is 2.27. The standard InChI is InChI=1S/C15H23N5S/c1-5-11-8-18-15(16)19-14(11)17-9-12(20(3)4)13-10(2)6-7-21-13/h6-8,12H,5,9H2,1-4H3,(H3,16,17,18,19). The van der Waals surface area contributed by atoms with E-state index in [1.807, 2.05) is 0 Å². The SMILES string of the molecule is CCc1cnc(N)nc1NCC(c1sccc1C)N(C)C. The molecule has 5 nitrogen and oxygen atoms in total. The molecule has 2 heterocycles. The molecule has 0 aromatic carbocycles. The molecule has 0 fully saturated rings. The average Bonchev–Trinajstić information content (AvgIpc) is 2.85. The number of nitrogens with two attached hydrogens (primary N) is 1. The fraction of sp³-hybridized carbons (Fsp3) is 0.467. The van der Waals surface area contributed by atoms with E-state index in [1.54, 1.807) is 17.5 Å². The minimum Gasteiger partial charge on any atom is -0.368 e. The maximum atomic E-state index is 5.70. The molecule has 1 atom stereocenters. The van der Waals surface area contributed by atoms with Crippen molar-refractivity contribution >= 4 is 23.1 Å². The Labute approximate surface area is 130 Å². The highest BCUT2D eigenvalue weighted by Gasteiger charge is 2.18. The van der Waals surface area contributed by atoms with Gasteiger partial charge in [0.05, 0.1) is 6.04 Å². The topological polar surface area (TPSA) is 67.1 Å². The molecular weight excluding hydrogens is 282 g/mol. The van der Waals surface area contributed by atoms with E-state index in [9.17, 15) is 0 Å². The summed E-state index contributed by atoms with van der Waals surface area (Å²) in [6.45, 7) is 5.03. The molecule has 6 heteroatoms. The van der Waals surface area contributed by atoms with Crippen LogP contribution in [0.15, 0.2) is 17.6 Å². The van der Waals surface area contributed by atoms with Crippen molar-refractivity contribution in [2.75, 3.05) is 31.7 Å². The summed E-state index contributed by atoms with van der Waals surface area (Å²) in [5, 5.41) is 5.58. The van der Waals surface area contributed by atoms with Crippen LogP contribution in [-0.4, -0.2) is 35.5 Å². The molecule has 21 heavy (non-hydrogen) atoms. The van der Waals surface area contributed by atoms with Crippen molar-refractivity contribution in [2.45, 2.75) is 26.3 Å². The van der Waals surface area contributed by atoms with Crippen molar-refractivity contribution in [1.29, 1.82) is 0 Å². The van der Waals surface area contributed by atoms with Crippen LogP contribution in [-0.2, 0) is 6.42 Å². The first-order valence-corrected chi connectivity index (χ1v) is 7.96. The smallest absolute Gasteiger partial charge is 0.221 e. The van der Waals surface area contributed by atoms with Crippen molar-refractivity contribution in [2.24, 2.45) is 0 Å². The van der Waals surface area contributed by atoms with Crippen LogP contribution in [0.4, 0.5) is 11.8 Å². The van der Waals surface area contributed by atoms with Crippen LogP contribution in [0.25, 0.3) is 0 Å². The maximum Gasteiger partial charge on any atom is 0.221 e. The number of aryl methyl sites for hydroxylation is 2. The van der Waals surface area contributed by atoms with Gasteiger partial charge in [-0.05, 0) is 44.4 Å². The third-order valence-electron chi connectivity index (χ3n) is 3.55. The highest BCUT2D eigenvalue weighted by atomic mass is 32.1. The molecule has 0 radical (unpaired) electrons. The Morgan fingerprint density at radius 1 is 1.43 bits per heavy atom. The van der Waals surface area contributed by atoms with E-state index in [1.165, 1.54) is 10.4 Å². The molecule has 2 rings (SSSR count). The summed E-state index contributed by atoms with van der Waals surface area (Å²) in [6, 6.07) is 2.47. The molecule has 114 valence electrons. The quantitative estimate of drug-likeness (QED) is 0.859. The van der Waals surface area contributed by atoms with Crippen molar-refractivity contribution in [3.8, 4) is 0 Å². The molecule has 0 saturated carbocycles. The minimum absolute atomic E-state index is 0.309. The Hall–Kier alpha value is -1.66. The molecule has 2 aromatic rings. The molecule has 0 aliphatic carbocycles. The van der Waals surface area contributed by atoms with Gasteiger partial charge in [0.15, 0.2) is 0 Å². The Balaban J connectivity index is 2.16. The predicted octanol–water partition coefficient (Wildman–Crippen LogP) is 2.71. The second-order valence-electron chi connectivity index (χ2n) is 5.28. The Kier molecular flexibility index (Phi) is 5.14. The molecular formula is C15H23N5S. The van der Waals surface area contributed by atoms with Gasteiger partial charge in [-0.2, -0.15) is 4.98 Å². The van der Waals surface area contributed by atoms with Gasteiger partial charge in [0, 0.05) is 23.2 Å². The van der Waals surface area contributed by atoms with Crippen LogP contribution in [0.2, 0.25) is 0 Å². The van der Waals surface area contributed by atoms with Gasteiger partial charge in [0.1, 0.15) is 5.82 Å². The highest BCUT2D eigenvalue weighted by molar-refractivity contribution is 7.10. The van der Waals surface area contributed by atoms with E-state index in [-0.39, 0.29) is 0 Å². The van der Waals surface area contributed by atoms with E-state index in [4.69, 9.17) is 5.73 Å². The number of thiophene rings is 1. The van der Waals surface area contributed by atoms with Gasteiger partial charge in [0.2, 0.25) is 5.95 Å². The average molecular weight is 305 g/mol. The van der Waals surface area contributed by atoms with Gasteiger partial charge < -0.3 is 16.0 Å². The summed E-state index contributed by atoms with van der Waals surface area (Å²) < 4.78 is 0. The fourth-order valence-corrected chi connectivity index (χ4v) is 3.39. The maximum absolute atomic E-state index is 5.70. The second kappa shape index (κ2) is 6.87. The zero-order chi connectivity index (χ0) is 15.4. The third-order valence-corrected chi connectivity index (χ3v) is 4.67. The molecule has 0 amide bonds. The molecule has 1 unspecified atom stereocenters. The summed E-state index contributed by atoms with van der Waals surface area (Å²) in [5.41, 5.74) is 8.12. The summed E-state index contributed by atoms with van der Waals surface area (Å²) in [5.74, 6) is 1.15. The van der Waals surface area contributed by atoms with E-state index >= 15 is 0 Å². The predicted molar refractivity (Wildman–Crippen MR) is 89.8 cm³/mol. The van der Waals surface area contributed by atoms with Crippen LogP contribution in [0, 0.1) is 6.92 Å². The van der Waals surface area contributed by atoms with Gasteiger partial charge in [-0.25, -0.2) is 4.98 Å². The summed E-state index contributed by atoms with van der Waals surface area (Å²) in [6.07, 6.45) is 2.68. The molecule has 0 aliphatic rings. The molecule has 0 bridgehead atoms. The number of anilines is 2. The lowest BCUT2D eigenvalue weighted by Crippen LogP contribution is -2.27. The summed E-state index contributed by atoms with van der Waals surface area (Å²) in [7, 11) is 4.20. The molecule has 2 aromatic heterocycles. The van der Waals surface area contributed by atoms with E-state index in [2.05, 4.69) is 59.6 Å². The number of nitrogen functional groups attached to an aromatic ring is 1. The molecule has 0 spiro atoms. The first-order chi connectivity index (χ1) is 10.0. The van der Waals surface area contributed by atoms with Gasteiger partial charge >= 0.3 is 0 Å². The Morgan fingerprint density at radius 3 is 2.76 bits per heavy atom. The number of hydrogen-bond donors (Lipinski definition) is 2. The fourth-order valence-electron chi connectivity index (χ4n) is 2.26. The Morgan fingerprint density at radius 2 is 2.19 bits per heavy atom. The first-order valence-electron chi connectivity index (χ1n) is 7.08. The van der Waals surface area contributed by atoms with E-state index < -0.39 is 0 Å². The largest absolute Gasteiger partial charge is 0.368 e. The lowest BCUT2D eigenvalue weighted by molar-refractivity contribution is 0.315. The van der Waals surface area contributed by atoms with Gasteiger partial charge in [0.25, 0.3) is 0 Å². The molecule has 0 saturated heterocycles. The van der Waals surface area contributed by atoms with Crippen LogP contribution in [0.3, 0.4) is 0 Å². The summed E-state index contributed by atoms with van der Waals surface area (Å²) in [4.78, 5) is 12.0. The number of rotatable bonds is 6. The number of nitrogens with one attached hydrogen (secondary N) is 1. The minimum atomic E-state index is 0.309. The number of hydrogen-bond acceptors (Lipinski definition) is 6. The van der Waals surface area contributed by atoms with E-state index in [0.717, 1.165) is 24.3 Å². The van der Waals surface area contributed by atoms with Crippen LogP contribution in [0.1, 0.15) is 29.0 Å². The number of nitrogens with zero attached hydrogens (tertiary/aromatic N) is 3. The lowest BCUT2D eigenvalue weighted by Gasteiger charge is -2.25. The van der Waals surface area contributed by atoms with Crippen molar-refractivity contribution in [1.82, 2.24) is 14.9 Å². The van der Waals surface area contributed by atoms with Gasteiger partial charge in [-0.15, -0.1) is 11.3 Å². The van der Waals surface area contributed by atoms with Crippen molar-refractivity contribution < 1.29 is 0 Å². The molecule has 0 aliphatic heterocycles. The first kappa shape index (κ1) is 15.7. The summed E-state index contributed by atoms with van der Waals surface area (Å²) >= 11 is 1.80. The van der Waals surface area contributed by atoms with Gasteiger partial charge in [-0.1, -0.05) is 6.92 Å². The lowest BCUT2D eigenvalue weighted by atomic mass is 10.1. The Bertz CT molecular complexity index is 593. The van der Waals surface area contributed by atoms with Crippen molar-refractivity contribution in [3.05, 3.63) is 33.6 Å². The van der Waals surface area contributed by atoms with Crippen molar-refractivity contribution in [3.63, 3.8) is 0 Å². The van der Waals surface area contributed by atoms with Crippen LogP contribution < -0.4 is 11.1 Å². The zero-order valence-corrected chi connectivity index (χ0v) is 13.9. The number of likely N-dealkylation sites (N-methyl/N-ethyl adjacent to an activating group) is 1. The van der Waals surface area contributed by atoms with E-state index in [0.29, 0.717) is 12.0 Å². The van der Waals surface area contributed by atoms with Crippen LogP contribution >= 0.6 is 11.3 Å². The third kappa shape index (κ3) is 3.71. The number of aromatic nitrogens is 2.